The second-order valence-electron chi connectivity index (χ2n) is 5.93. The molecule has 0 amide bonds. The van der Waals surface area contributed by atoms with Crippen LogP contribution in [0.1, 0.15) is 74.3 Å². The van der Waals surface area contributed by atoms with Crippen molar-refractivity contribution in [1.29, 1.82) is 26.3 Å². The molecule has 0 aromatic carbocycles. The molecule has 1 aromatic rings. The van der Waals surface area contributed by atoms with Crippen molar-refractivity contribution in [3.05, 3.63) is 54.0 Å². The van der Waals surface area contributed by atoms with Crippen LogP contribution < -0.4 is 17.2 Å². The molecule has 0 unspecified atom stereocenters. The van der Waals surface area contributed by atoms with Gasteiger partial charge in [-0.05, 0) is 53.6 Å². The molecule has 322 valence electrons. The van der Waals surface area contributed by atoms with Gasteiger partial charge in [-0.2, -0.15) is 34.3 Å². The Hall–Kier alpha value is 4.22. The molecule has 15 nitrogen and oxygen atoms in total. The summed E-state index contributed by atoms with van der Waals surface area (Å²) in [5.74, 6) is 1.66. The first-order valence-electron chi connectivity index (χ1n) is 12.5. The van der Waals surface area contributed by atoms with E-state index in [4.69, 9.17) is 47.1 Å². The van der Waals surface area contributed by atoms with Crippen LogP contribution >= 0.6 is 50.5 Å². The summed E-state index contributed by atoms with van der Waals surface area (Å²) >= 11 is 18.0. The minimum Gasteiger partial charge on any atom is -0.606 e. The molecule has 10 N–H and O–H groups in total. The minimum atomic E-state index is -3.22. The zero-order valence-electron chi connectivity index (χ0n) is 33.9. The second-order valence-corrected chi connectivity index (χ2v) is 12.7. The van der Waals surface area contributed by atoms with Crippen LogP contribution in [-0.2, 0) is 255 Å². The van der Waals surface area contributed by atoms with Gasteiger partial charge < -0.3 is 81.8 Å². The summed E-state index contributed by atoms with van der Waals surface area (Å²) in [5.41, 5.74) is 16.4. The number of allylic oxidation sites excluding steroid dienone is 4. The number of carbonyl (C=O) groups excluding carboxylic acids is 1. The van der Waals surface area contributed by atoms with Crippen molar-refractivity contribution in [2.45, 2.75) is 75.7 Å². The minimum absolute atomic E-state index is 0. The van der Waals surface area contributed by atoms with E-state index in [1.165, 1.54) is 27.9 Å². The van der Waals surface area contributed by atoms with Crippen LogP contribution in [0.5, 0.6) is 0 Å². The Morgan fingerprint density at radius 2 is 1.00 bits per heavy atom. The van der Waals surface area contributed by atoms with Gasteiger partial charge in [-0.3, -0.25) is 10.6 Å². The Labute approximate surface area is 549 Å². The number of halogens is 4. The van der Waals surface area contributed by atoms with Crippen molar-refractivity contribution in [3.63, 3.8) is 0 Å². The van der Waals surface area contributed by atoms with E-state index in [0.29, 0.717) is 24.2 Å². The summed E-state index contributed by atoms with van der Waals surface area (Å²) in [6, 6.07) is 9.12. The number of hydrogen-bond donors (Lipinski definition) is 5. The van der Waals surface area contributed by atoms with Crippen LogP contribution in [0.15, 0.2) is 16.7 Å². The summed E-state index contributed by atoms with van der Waals surface area (Å²) < 4.78 is 11.1. The van der Waals surface area contributed by atoms with Gasteiger partial charge in [0.1, 0.15) is 0 Å². The van der Waals surface area contributed by atoms with Crippen molar-refractivity contribution in [1.82, 2.24) is 9.78 Å². The largest absolute Gasteiger partial charge is 0.606 e. The molecule has 0 bridgehead atoms. The molecule has 0 aliphatic heterocycles. The van der Waals surface area contributed by atoms with E-state index < -0.39 is 5.20 Å². The Morgan fingerprint density at radius 1 is 0.810 bits per heavy atom. The maximum Gasteiger partial charge on any atom is 0.339 e. The Morgan fingerprint density at radius 3 is 1.02 bits per heavy atom. The van der Waals surface area contributed by atoms with Crippen molar-refractivity contribution in [2.24, 2.45) is 18.5 Å². The van der Waals surface area contributed by atoms with Crippen LogP contribution in [0.25, 0.3) is 0 Å². The maximum atomic E-state index is 9.51. The van der Waals surface area contributed by atoms with Gasteiger partial charge in [-0.25, -0.2) is 0 Å². The molecule has 0 aliphatic carbocycles. The molecule has 28 heteroatoms. The third-order valence-electron chi connectivity index (χ3n) is 2.63. The number of aryl methyl sites for hydroxylation is 2. The van der Waals surface area contributed by atoms with Gasteiger partial charge in [0.2, 0.25) is 0 Å². The molecule has 0 spiro atoms. The van der Waals surface area contributed by atoms with E-state index in [2.05, 4.69) is 81.1 Å². The fourth-order valence-corrected chi connectivity index (χ4v) is 0.610. The van der Waals surface area contributed by atoms with Gasteiger partial charge in [0.25, 0.3) is 0 Å². The second kappa shape index (κ2) is 131. The van der Waals surface area contributed by atoms with E-state index in [-0.39, 0.29) is 262 Å². The van der Waals surface area contributed by atoms with E-state index in [0.717, 1.165) is 11.3 Å². The summed E-state index contributed by atoms with van der Waals surface area (Å²) in [6.45, 7) is 16.9. The molecule has 1 rings (SSSR count). The Bertz CT molecular complexity index is 1100. The Balaban J connectivity index is -0.0000000153. The van der Waals surface area contributed by atoms with Gasteiger partial charge in [-0.15, -0.1) is 42.5 Å². The number of aliphatic hydroxyl groups is 2. The summed E-state index contributed by atoms with van der Waals surface area (Å²) in [4.78, 5) is 8.45. The number of hydrogen-bond acceptors (Lipinski definition) is 13. The van der Waals surface area contributed by atoms with Crippen molar-refractivity contribution >= 4 is 62.1 Å². The van der Waals surface area contributed by atoms with Crippen molar-refractivity contribution < 1.29 is 263 Å². The molecule has 1 heterocycles. The van der Waals surface area contributed by atoms with Gasteiger partial charge in [-0.1, -0.05) is 61.5 Å². The molecule has 1 aromatic heterocycles. The predicted octanol–water partition coefficient (Wildman–Crippen LogP) is 7.67. The van der Waals surface area contributed by atoms with Crippen LogP contribution in [0, 0.1) is 95.3 Å². The van der Waals surface area contributed by atoms with Crippen LogP contribution in [0.2, 0.25) is 0 Å². The fourth-order valence-electron chi connectivity index (χ4n) is 0.610. The number of nitrogens with zero attached hydrogens (tertiary/aromatic N) is 7. The third kappa shape index (κ3) is 217. The number of rotatable bonds is 0. The van der Waals surface area contributed by atoms with Gasteiger partial charge >= 0.3 is 5.20 Å². The number of aromatic nitrogens is 2. The monoisotopic (exact) mass is 1710 g/mol. The molecule has 0 saturated carbocycles. The van der Waals surface area contributed by atoms with Crippen LogP contribution in [-0.4, -0.2) is 45.3 Å². The normalized spacial score (nSPS) is 6.81. The molecule has 0 aliphatic rings. The molecule has 0 atom stereocenters. The smallest absolute Gasteiger partial charge is 0.339 e. The Kier molecular flexibility index (Phi) is 295. The molecular formula is C30H53Cl4N10O5PW2Y6-6. The van der Waals surface area contributed by atoms with E-state index in [1.807, 2.05) is 39.0 Å². The zero-order valence-corrected chi connectivity index (χ0v) is 60.7. The maximum absolute atomic E-state index is 9.51. The molecule has 58 heavy (non-hydrogen) atoms. The number of nitrogen functional groups attached to an aromatic ring is 1. The number of nitriles is 5. The molecular weight excluding hydrogens is 1650 g/mol. The first-order valence-corrected chi connectivity index (χ1v) is 17.3. The topological polar surface area (TPSA) is 321 Å². The van der Waals surface area contributed by atoms with Crippen LogP contribution in [0.3, 0.4) is 0 Å². The SMILES string of the molecule is C.CC(C#N)=[C-]O.CC(C#N)=[C-]O.CCC#N.CCC#N.CN.CN.C[C-]=C(C)C#N.Cc1[c-]nn(C)c1N.O.O=P(Cl)(Cl)Cl.O=[C-]Cl.[CH2-]C.[W].[W].[Y].[Y].[Y].[Y].[Y].[Y]. The number of aliphatic hydroxyl groups excluding tert-OH is 2. The predicted molar refractivity (Wildman–Crippen MR) is 206 cm³/mol. The van der Waals surface area contributed by atoms with Gasteiger partial charge in [0, 0.05) is 258 Å². The van der Waals surface area contributed by atoms with E-state index in [9.17, 15) is 4.57 Å². The van der Waals surface area contributed by atoms with Gasteiger partial charge in [0.05, 0.1) is 12.1 Å². The quantitative estimate of drug-likeness (QED) is 0.0548. The van der Waals surface area contributed by atoms with Crippen molar-refractivity contribution in [3.8, 4) is 30.3 Å². The fraction of sp³-hybridized carbons (Fsp3) is 0.467. The van der Waals surface area contributed by atoms with E-state index in [1.54, 1.807) is 57.2 Å². The average Bonchev–Trinajstić information content (AvgIpc) is 3.40. The first-order chi connectivity index (χ1) is 22.4. The third-order valence-corrected chi connectivity index (χ3v) is 2.63. The van der Waals surface area contributed by atoms with Crippen molar-refractivity contribution in [2.75, 3.05) is 19.8 Å². The standard InChI is InChI=1S/C5H8N3.C5H6N.2C4H4NO.2C3H5N.C2H5.CClO.2CH5N.CH4.Cl3OP.H2O.2W.6Y/c1-4-3-7-8(2)5(4)6;1-3-5(2)4-6;2*1-4(2-5)3-6;2*1-2-3-4;1-2;2-1-3;2*1-2;;1-5(2,3)4;;;;;;;;;/h6H2,1-2H3;1-2H3;2*6H,1H3;2*2H2,1H3;1H2,2H3;;2*2H2,1H3;1H4;;1H2;;;;;;;;/q4*-1;;;2*-1;;;;;;;;;;;;;. The van der Waals surface area contributed by atoms with E-state index >= 15 is 0 Å². The summed E-state index contributed by atoms with van der Waals surface area (Å²) in [5, 5.41) is 55.1. The van der Waals surface area contributed by atoms with Crippen LogP contribution in [0.4, 0.5) is 5.82 Å². The average molecular weight is 1710 g/mol. The molecule has 6 radical (unpaired) electrons. The first kappa shape index (κ1) is 131. The molecule has 0 saturated heterocycles. The summed E-state index contributed by atoms with van der Waals surface area (Å²) in [6.07, 6.45) is 9.98. The number of anilines is 1. The zero-order chi connectivity index (χ0) is 41.2. The molecule has 0 fully saturated rings. The van der Waals surface area contributed by atoms with Gasteiger partial charge in [0.15, 0.2) is 0 Å². The summed E-state index contributed by atoms with van der Waals surface area (Å²) in [7, 11) is 4.79. The number of nitrogens with two attached hydrogens (primary N) is 3.